The van der Waals surface area contributed by atoms with Gasteiger partial charge in [-0.2, -0.15) is 0 Å². The van der Waals surface area contributed by atoms with Crippen LogP contribution in [0.1, 0.15) is 24.8 Å². The first kappa shape index (κ1) is 12.9. The predicted octanol–water partition coefficient (Wildman–Crippen LogP) is 2.03. The lowest BCUT2D eigenvalue weighted by molar-refractivity contribution is -0.141. The Bertz CT molecular complexity index is 489. The highest BCUT2D eigenvalue weighted by Gasteiger charge is 2.44. The molecule has 1 aromatic carbocycles. The average molecular weight is 268 g/mol. The molecular weight excluding hydrogens is 254 g/mol. The van der Waals surface area contributed by atoms with Crippen LogP contribution in [0.3, 0.4) is 0 Å². The van der Waals surface area contributed by atoms with Crippen LogP contribution in [0.5, 0.6) is 0 Å². The third-order valence-electron chi connectivity index (χ3n) is 3.13. The van der Waals surface area contributed by atoms with Crippen molar-refractivity contribution in [3.8, 4) is 0 Å². The Balaban J connectivity index is 1.95. The molecular formula is C13H14ClNO3. The van der Waals surface area contributed by atoms with E-state index in [-0.39, 0.29) is 17.7 Å². The van der Waals surface area contributed by atoms with Gasteiger partial charge in [-0.25, -0.2) is 0 Å². The lowest BCUT2D eigenvalue weighted by atomic mass is 10.1. The van der Waals surface area contributed by atoms with E-state index < -0.39 is 12.0 Å². The first-order valence-electron chi connectivity index (χ1n) is 5.77. The highest BCUT2D eigenvalue weighted by Crippen LogP contribution is 2.47. The van der Waals surface area contributed by atoms with Crippen LogP contribution in [0.2, 0.25) is 5.02 Å². The van der Waals surface area contributed by atoms with Gasteiger partial charge in [-0.15, -0.1) is 0 Å². The second-order valence-electron chi connectivity index (χ2n) is 4.57. The van der Waals surface area contributed by atoms with E-state index in [1.807, 2.05) is 18.2 Å². The zero-order chi connectivity index (χ0) is 13.3. The molecule has 0 heterocycles. The fraction of sp³-hybridized carbons (Fsp3) is 0.385. The van der Waals surface area contributed by atoms with Crippen LogP contribution in [0.4, 0.5) is 0 Å². The molecule has 2 unspecified atom stereocenters. The Morgan fingerprint density at radius 2 is 2.22 bits per heavy atom. The van der Waals surface area contributed by atoms with Crippen molar-refractivity contribution in [1.82, 2.24) is 5.32 Å². The summed E-state index contributed by atoms with van der Waals surface area (Å²) in [7, 11) is 0. The largest absolute Gasteiger partial charge is 0.480 e. The molecule has 1 aliphatic rings. The molecule has 0 radical (unpaired) electrons. The van der Waals surface area contributed by atoms with E-state index in [4.69, 9.17) is 16.7 Å². The molecule has 0 bridgehead atoms. The number of benzene rings is 1. The van der Waals surface area contributed by atoms with Crippen LogP contribution >= 0.6 is 11.6 Å². The molecule has 1 aliphatic carbocycles. The Morgan fingerprint density at radius 1 is 1.50 bits per heavy atom. The summed E-state index contributed by atoms with van der Waals surface area (Å²) in [5, 5.41) is 11.9. The molecule has 0 spiro atoms. The quantitative estimate of drug-likeness (QED) is 0.877. The van der Waals surface area contributed by atoms with Crippen molar-refractivity contribution in [3.63, 3.8) is 0 Å². The van der Waals surface area contributed by atoms with Crippen molar-refractivity contribution in [3.05, 3.63) is 34.9 Å². The number of carbonyl (C=O) groups is 2. The smallest absolute Gasteiger partial charge is 0.325 e. The van der Waals surface area contributed by atoms with Gasteiger partial charge in [-0.05, 0) is 37.0 Å². The molecule has 0 aliphatic heterocycles. The van der Waals surface area contributed by atoms with Gasteiger partial charge in [0.05, 0.1) is 0 Å². The molecule has 2 N–H and O–H groups in total. The second-order valence-corrected chi connectivity index (χ2v) is 5.01. The van der Waals surface area contributed by atoms with Crippen molar-refractivity contribution in [2.75, 3.05) is 0 Å². The van der Waals surface area contributed by atoms with Gasteiger partial charge in [0.2, 0.25) is 5.91 Å². The topological polar surface area (TPSA) is 66.4 Å². The summed E-state index contributed by atoms with van der Waals surface area (Å²) < 4.78 is 0. The van der Waals surface area contributed by atoms with Crippen molar-refractivity contribution in [1.29, 1.82) is 0 Å². The molecule has 18 heavy (non-hydrogen) atoms. The van der Waals surface area contributed by atoms with E-state index in [1.165, 1.54) is 6.92 Å². The standard InChI is InChI=1S/C13H14ClNO3/c1-7(13(17)18)15-12(16)11-6-10(11)8-3-2-4-9(14)5-8/h2-5,7,10-11H,6H2,1H3,(H,15,16)(H,17,18)/t7-,10?,11?/m0/s1. The fourth-order valence-corrected chi connectivity index (χ4v) is 2.17. The van der Waals surface area contributed by atoms with Crippen LogP contribution in [0, 0.1) is 5.92 Å². The number of nitrogens with one attached hydrogen (secondary N) is 1. The van der Waals surface area contributed by atoms with Gasteiger partial charge in [0.1, 0.15) is 6.04 Å². The summed E-state index contributed by atoms with van der Waals surface area (Å²) in [6, 6.07) is 6.57. The maximum Gasteiger partial charge on any atom is 0.325 e. The van der Waals surface area contributed by atoms with Crippen molar-refractivity contribution in [2.24, 2.45) is 5.92 Å². The number of halogens is 1. The van der Waals surface area contributed by atoms with E-state index in [0.717, 1.165) is 12.0 Å². The number of carboxylic acid groups (broad SMARTS) is 1. The molecule has 1 aromatic rings. The predicted molar refractivity (Wildman–Crippen MR) is 67.5 cm³/mol. The minimum Gasteiger partial charge on any atom is -0.480 e. The summed E-state index contributed by atoms with van der Waals surface area (Å²) in [6.07, 6.45) is 0.749. The van der Waals surface area contributed by atoms with Gasteiger partial charge < -0.3 is 10.4 Å². The normalized spacial score (nSPS) is 23.2. The maximum atomic E-state index is 11.8. The van der Waals surface area contributed by atoms with Crippen molar-refractivity contribution < 1.29 is 14.7 Å². The van der Waals surface area contributed by atoms with Crippen LogP contribution in [0.15, 0.2) is 24.3 Å². The summed E-state index contributed by atoms with van der Waals surface area (Å²) >= 11 is 5.89. The Hall–Kier alpha value is -1.55. The van der Waals surface area contributed by atoms with Crippen LogP contribution in [-0.4, -0.2) is 23.0 Å². The number of hydrogen-bond acceptors (Lipinski definition) is 2. The Kier molecular flexibility index (Phi) is 3.57. The molecule has 5 heteroatoms. The van der Waals surface area contributed by atoms with Crippen LogP contribution in [0.25, 0.3) is 0 Å². The average Bonchev–Trinajstić information content (AvgIpc) is 3.08. The van der Waals surface area contributed by atoms with Crippen LogP contribution in [-0.2, 0) is 9.59 Å². The summed E-state index contributed by atoms with van der Waals surface area (Å²) in [5.74, 6) is -1.20. The highest BCUT2D eigenvalue weighted by atomic mass is 35.5. The number of aliphatic carboxylic acids is 1. The van der Waals surface area contributed by atoms with Crippen LogP contribution < -0.4 is 5.32 Å². The van der Waals surface area contributed by atoms with Gasteiger partial charge >= 0.3 is 5.97 Å². The molecule has 4 nitrogen and oxygen atoms in total. The van der Waals surface area contributed by atoms with Gasteiger partial charge in [0.15, 0.2) is 0 Å². The number of carboxylic acids is 1. The van der Waals surface area contributed by atoms with Gasteiger partial charge in [0.25, 0.3) is 0 Å². The molecule has 3 atom stereocenters. The Morgan fingerprint density at radius 3 is 2.83 bits per heavy atom. The lowest BCUT2D eigenvalue weighted by Gasteiger charge is -2.08. The van der Waals surface area contributed by atoms with Gasteiger partial charge in [-0.1, -0.05) is 23.7 Å². The minimum absolute atomic E-state index is 0.134. The molecule has 0 aromatic heterocycles. The zero-order valence-electron chi connectivity index (χ0n) is 9.89. The minimum atomic E-state index is -1.02. The van der Waals surface area contributed by atoms with E-state index in [0.29, 0.717) is 5.02 Å². The number of hydrogen-bond donors (Lipinski definition) is 2. The van der Waals surface area contributed by atoms with Crippen molar-refractivity contribution >= 4 is 23.5 Å². The van der Waals surface area contributed by atoms with Crippen molar-refractivity contribution in [2.45, 2.75) is 25.3 Å². The third-order valence-corrected chi connectivity index (χ3v) is 3.37. The molecule has 1 fully saturated rings. The van der Waals surface area contributed by atoms with E-state index >= 15 is 0 Å². The van der Waals surface area contributed by atoms with E-state index in [1.54, 1.807) is 6.07 Å². The fourth-order valence-electron chi connectivity index (χ4n) is 1.97. The van der Waals surface area contributed by atoms with Gasteiger partial charge in [0, 0.05) is 10.9 Å². The van der Waals surface area contributed by atoms with E-state index in [9.17, 15) is 9.59 Å². The first-order valence-corrected chi connectivity index (χ1v) is 6.15. The number of rotatable bonds is 4. The zero-order valence-corrected chi connectivity index (χ0v) is 10.6. The SMILES string of the molecule is C[C@H](NC(=O)C1CC1c1cccc(Cl)c1)C(=O)O. The van der Waals surface area contributed by atoms with Gasteiger partial charge in [-0.3, -0.25) is 9.59 Å². The molecule has 1 saturated carbocycles. The molecule has 96 valence electrons. The summed E-state index contributed by atoms with van der Waals surface area (Å²) in [5.41, 5.74) is 1.03. The highest BCUT2D eigenvalue weighted by molar-refractivity contribution is 6.30. The number of carbonyl (C=O) groups excluding carboxylic acids is 1. The lowest BCUT2D eigenvalue weighted by Crippen LogP contribution is -2.39. The maximum absolute atomic E-state index is 11.8. The van der Waals surface area contributed by atoms with E-state index in [2.05, 4.69) is 5.32 Å². The molecule has 2 rings (SSSR count). The summed E-state index contributed by atoms with van der Waals surface area (Å²) in [6.45, 7) is 1.46. The summed E-state index contributed by atoms with van der Waals surface area (Å²) in [4.78, 5) is 22.4. The molecule has 0 saturated heterocycles. The number of amides is 1. The second kappa shape index (κ2) is 4.98. The Labute approximate surface area is 110 Å². The third kappa shape index (κ3) is 2.82. The molecule has 1 amide bonds. The monoisotopic (exact) mass is 267 g/mol. The first-order chi connectivity index (χ1) is 8.49.